The minimum atomic E-state index is -4.20. The summed E-state index contributed by atoms with van der Waals surface area (Å²) in [7, 11) is -4.20. The van der Waals surface area contributed by atoms with Crippen molar-refractivity contribution in [3.8, 4) is 0 Å². The maximum atomic E-state index is 12.7. The maximum absolute atomic E-state index is 12.7. The van der Waals surface area contributed by atoms with Crippen LogP contribution < -0.4 is 95.5 Å². The molecule has 0 unspecified atom stereocenters. The van der Waals surface area contributed by atoms with Crippen LogP contribution in [-0.4, -0.2) is 44.2 Å². The summed E-state index contributed by atoms with van der Waals surface area (Å²) in [6.07, 6.45) is 4.03. The molecule has 0 N–H and O–H groups in total. The van der Waals surface area contributed by atoms with Crippen LogP contribution in [0.25, 0.3) is 12.2 Å². The Kier molecular flexibility index (Phi) is 22.3. The second-order valence-corrected chi connectivity index (χ2v) is 10.9. The molecule has 0 aromatic heterocycles. The van der Waals surface area contributed by atoms with Crippen molar-refractivity contribution in [1.29, 1.82) is 0 Å². The number of nitrogens with zero attached hydrogens (tertiary/aromatic N) is 2. The van der Waals surface area contributed by atoms with E-state index in [0.29, 0.717) is 43.9 Å². The number of hydrogen-bond donors (Lipinski definition) is 0. The molecule has 0 saturated carbocycles. The van der Waals surface area contributed by atoms with Gasteiger partial charge in [0.25, 0.3) is 0 Å². The molecule has 0 fully saturated rings. The zero-order valence-corrected chi connectivity index (χ0v) is 29.3. The largest absolute Gasteiger partial charge is 1.00 e. The summed E-state index contributed by atoms with van der Waals surface area (Å²) in [6.45, 7) is 5.92. The molecule has 14 heteroatoms. The van der Waals surface area contributed by atoms with Crippen LogP contribution in [0, 0.1) is 0 Å². The normalized spacial score (nSPS) is 10.4. The van der Waals surface area contributed by atoms with Crippen molar-refractivity contribution < 1.29 is 86.7 Å². The van der Waals surface area contributed by atoms with Crippen molar-refractivity contribution in [2.45, 2.75) is 41.5 Å². The molecule has 43 heavy (non-hydrogen) atoms. The van der Waals surface area contributed by atoms with E-state index in [4.69, 9.17) is 0 Å². The topological polar surface area (TPSA) is 139 Å². The van der Waals surface area contributed by atoms with Gasteiger partial charge in [0, 0.05) is 36.8 Å². The van der Waals surface area contributed by atoms with Crippen LogP contribution in [0.4, 0.5) is 11.4 Å². The number of hydrogen-bond acceptors (Lipinski definition) is 11. The minimum absolute atomic E-state index is 0. The van der Waals surface area contributed by atoms with Crippen molar-refractivity contribution in [2.75, 3.05) is 41.1 Å². The van der Waals surface area contributed by atoms with Gasteiger partial charge in [-0.05, 0) is 74.2 Å². The summed E-state index contributed by atoms with van der Waals surface area (Å²) in [5.41, 5.74) is 2.63. The van der Waals surface area contributed by atoms with Gasteiger partial charge in [-0.25, -0.2) is 8.42 Å². The molecule has 0 aliphatic rings. The van der Waals surface area contributed by atoms with E-state index in [0.717, 1.165) is 29.0 Å². The van der Waals surface area contributed by atoms with E-state index in [1.807, 2.05) is 55.1 Å². The molecule has 0 saturated heterocycles. The van der Waals surface area contributed by atoms with Gasteiger partial charge in [-0.15, -0.1) is 0 Å². The summed E-state index contributed by atoms with van der Waals surface area (Å²) in [5.74, 6) is 0.0185. The molecule has 0 amide bonds. The van der Waals surface area contributed by atoms with Gasteiger partial charge >= 0.3 is 59.1 Å². The molecule has 3 rings (SSSR count). The molecular formula is C29H38N2Na2O8S2. The van der Waals surface area contributed by atoms with Crippen LogP contribution in [-0.2, 0) is 19.5 Å². The molecule has 0 aliphatic carbocycles. The molecule has 10 nitrogen and oxygen atoms in total. The monoisotopic (exact) mass is 652 g/mol. The third kappa shape index (κ3) is 13.5. The molecule has 0 bridgehead atoms. The quantitative estimate of drug-likeness (QED) is 0.0302. The van der Waals surface area contributed by atoms with Gasteiger partial charge in [0.05, 0.1) is 38.5 Å². The number of rotatable bonds is 15. The van der Waals surface area contributed by atoms with Crippen LogP contribution in [0.1, 0.15) is 52.7 Å². The Morgan fingerprint density at radius 1 is 0.791 bits per heavy atom. The Morgan fingerprint density at radius 2 is 1.23 bits per heavy atom. The van der Waals surface area contributed by atoms with Crippen molar-refractivity contribution in [2.24, 2.45) is 0 Å². The van der Waals surface area contributed by atoms with E-state index in [9.17, 15) is 27.8 Å². The van der Waals surface area contributed by atoms with E-state index in [1.54, 1.807) is 24.3 Å². The zero-order valence-electron chi connectivity index (χ0n) is 23.7. The van der Waals surface area contributed by atoms with Gasteiger partial charge in [-0.3, -0.25) is 14.6 Å². The van der Waals surface area contributed by atoms with Crippen molar-refractivity contribution >= 4 is 45.7 Å². The fourth-order valence-corrected chi connectivity index (χ4v) is 5.20. The second kappa shape index (κ2) is 21.7. The fraction of sp³-hybridized carbons (Fsp3) is 0.379. The second-order valence-electron chi connectivity index (χ2n) is 8.75. The predicted molar refractivity (Wildman–Crippen MR) is 163 cm³/mol. The van der Waals surface area contributed by atoms with Gasteiger partial charge in [-0.2, -0.15) is 4.33 Å². The standard InChI is InChI=1S/C27H32N2O8S2.2CH4.2Na/c1-3-28(15-5-6-16-39(33,34)35)22-11-7-20(8-12-22)17-24-26(30)25(27(24)31)18-21-9-13-23(14-10-21)29(4-2)19-38-37-36-32;;;;/h7-14,17-18,32H,3-6,15-16,19H2,1-2H3,(H,33,34,35);2*1H4;;/q;;;2*+1/p-2. The van der Waals surface area contributed by atoms with E-state index >= 15 is 0 Å². The third-order valence-corrected chi connectivity index (χ3v) is 7.59. The average molecular weight is 653 g/mol. The third-order valence-electron chi connectivity index (χ3n) is 6.24. The summed E-state index contributed by atoms with van der Waals surface area (Å²) < 4.78 is 36.6. The van der Waals surface area contributed by atoms with Crippen LogP contribution in [0.2, 0.25) is 0 Å². The SMILES string of the molecule is C.C.CCN(CCCCS(=O)(=O)[O-])c1ccc(C=c2c(=O)c(=Cc3ccc(N(CC)CSOO[O-])cc3)c2=O)cc1.[Na+].[Na+]. The van der Waals surface area contributed by atoms with Crippen LogP contribution in [0.3, 0.4) is 0 Å². The van der Waals surface area contributed by atoms with Crippen molar-refractivity contribution in [1.82, 2.24) is 0 Å². The molecule has 0 heterocycles. The summed E-state index contributed by atoms with van der Waals surface area (Å²) in [4.78, 5) is 29.4. The van der Waals surface area contributed by atoms with E-state index < -0.39 is 10.1 Å². The summed E-state index contributed by atoms with van der Waals surface area (Å²) >= 11 is 0.871. The predicted octanol–water partition coefficient (Wildman–Crippen LogP) is -3.97. The molecule has 0 radical (unpaired) electrons. The van der Waals surface area contributed by atoms with E-state index in [-0.39, 0.29) is 101 Å². The Balaban J connectivity index is 0. The molecular weight excluding hydrogens is 614 g/mol. The van der Waals surface area contributed by atoms with Crippen LogP contribution in [0.5, 0.6) is 0 Å². The summed E-state index contributed by atoms with van der Waals surface area (Å²) in [5, 5.41) is 13.6. The van der Waals surface area contributed by atoms with Crippen molar-refractivity contribution in [3.05, 3.63) is 90.5 Å². The van der Waals surface area contributed by atoms with Gasteiger partial charge in [0.1, 0.15) is 0 Å². The summed E-state index contributed by atoms with van der Waals surface area (Å²) in [6, 6.07) is 14.7. The molecule has 0 spiro atoms. The van der Waals surface area contributed by atoms with Crippen molar-refractivity contribution in [3.63, 3.8) is 0 Å². The first-order chi connectivity index (χ1) is 18.7. The Morgan fingerprint density at radius 3 is 1.63 bits per heavy atom. The Bertz CT molecular complexity index is 1490. The number of anilines is 2. The maximum Gasteiger partial charge on any atom is 1.00 e. The zero-order chi connectivity index (χ0) is 28.4. The first kappa shape index (κ1) is 44.1. The van der Waals surface area contributed by atoms with Crippen LogP contribution >= 0.6 is 12.0 Å². The minimum Gasteiger partial charge on any atom is -0.748 e. The average Bonchev–Trinajstić information content (AvgIpc) is 2.93. The molecule has 3 aromatic carbocycles. The Labute approximate surface area is 302 Å². The van der Waals surface area contributed by atoms with E-state index in [1.165, 1.54) is 0 Å². The van der Waals surface area contributed by atoms with Gasteiger partial charge in [-0.1, -0.05) is 39.1 Å². The van der Waals surface area contributed by atoms with Gasteiger partial charge in [0.2, 0.25) is 10.9 Å². The molecule has 226 valence electrons. The fourth-order valence-electron chi connectivity index (χ4n) is 4.10. The van der Waals surface area contributed by atoms with Gasteiger partial charge in [0.15, 0.2) is 0 Å². The van der Waals surface area contributed by atoms with Gasteiger partial charge < -0.3 is 19.6 Å². The molecule has 3 aromatic rings. The number of benzene rings is 2. The first-order valence-corrected chi connectivity index (χ1v) is 14.9. The Hall–Kier alpha value is -1.000. The molecule has 0 aliphatic heterocycles. The smallest absolute Gasteiger partial charge is 0.748 e. The number of unbranched alkanes of at least 4 members (excludes halogenated alkanes) is 1. The van der Waals surface area contributed by atoms with E-state index in [2.05, 4.69) is 14.3 Å². The first-order valence-electron chi connectivity index (χ1n) is 12.4. The van der Waals surface area contributed by atoms with Crippen LogP contribution in [0.15, 0.2) is 58.1 Å². The molecule has 0 atom stereocenters.